The van der Waals surface area contributed by atoms with Crippen LogP contribution in [-0.4, -0.2) is 4.89 Å². The number of hydrogen-bond donors (Lipinski definition) is 1. The molecule has 2 aromatic rings. The van der Waals surface area contributed by atoms with E-state index in [9.17, 15) is 4.89 Å². The molecule has 0 atom stereocenters. The Morgan fingerprint density at radius 2 is 1.39 bits per heavy atom. The topological polar surface area (TPSA) is 20.2 Å². The van der Waals surface area contributed by atoms with Crippen molar-refractivity contribution in [3.05, 3.63) is 83.0 Å². The molecule has 125 valence electrons. The fraction of sp³-hybridized carbons (Fsp3) is 0.111. The summed E-state index contributed by atoms with van der Waals surface area (Å²) in [6, 6.07) is 19.5. The molecule has 5 heteroatoms. The van der Waals surface area contributed by atoms with Crippen LogP contribution in [0.1, 0.15) is 6.42 Å². The standard InChI is InChI=1S/C12H11OP.C5H5.CH3.2ClH.Ir/c13-14(11-7-3-1-4-8-11)12-9-5-2-6-10-12;1-2-4-5-3-1;;;;/h1-10,13H;1-3H,4H2;1H3;2*1H;/q;;;;;+2/p-2. The molecule has 0 saturated heterocycles. The van der Waals surface area contributed by atoms with Gasteiger partial charge in [-0.2, -0.15) is 0 Å². The molecule has 0 aromatic heterocycles. The molecule has 0 bridgehead atoms. The zero-order valence-corrected chi connectivity index (χ0v) is 17.5. The molecule has 0 heterocycles. The van der Waals surface area contributed by atoms with Gasteiger partial charge in [0, 0.05) is 10.6 Å². The maximum atomic E-state index is 10.1. The predicted octanol–water partition coefficient (Wildman–Crippen LogP) is 5.37. The van der Waals surface area contributed by atoms with Crippen LogP contribution in [0.3, 0.4) is 0 Å². The van der Waals surface area contributed by atoms with Crippen molar-refractivity contribution in [3.8, 4) is 0 Å². The van der Waals surface area contributed by atoms with Gasteiger partial charge < -0.3 is 4.89 Å². The average Bonchev–Trinajstić information content (AvgIpc) is 3.11. The summed E-state index contributed by atoms with van der Waals surface area (Å²) >= 11 is -2.44. The molecule has 0 spiro atoms. The molecular weight excluding hydrogens is 526 g/mol. The van der Waals surface area contributed by atoms with Crippen molar-refractivity contribution >= 4 is 37.9 Å². The van der Waals surface area contributed by atoms with Gasteiger partial charge in [0.1, 0.15) is 0 Å². The van der Waals surface area contributed by atoms with Gasteiger partial charge in [0.05, 0.1) is 8.15 Å². The molecule has 1 aliphatic carbocycles. The van der Waals surface area contributed by atoms with Gasteiger partial charge in [0.15, 0.2) is 0 Å². The van der Waals surface area contributed by atoms with Crippen LogP contribution in [-0.2, 0) is 13.3 Å². The monoisotopic (exact) mass is 545 g/mol. The van der Waals surface area contributed by atoms with Gasteiger partial charge in [0.2, 0.25) is 0 Å². The molecule has 23 heavy (non-hydrogen) atoms. The summed E-state index contributed by atoms with van der Waals surface area (Å²) in [4.78, 5) is 10.1. The van der Waals surface area contributed by atoms with Crippen LogP contribution < -0.4 is 10.6 Å². The quantitative estimate of drug-likeness (QED) is 0.515. The number of allylic oxidation sites excluding steroid dienone is 4. The fourth-order valence-electron chi connectivity index (χ4n) is 1.92. The molecule has 2 aromatic carbocycles. The van der Waals surface area contributed by atoms with Gasteiger partial charge in [-0.1, -0.05) is 60.7 Å². The Morgan fingerprint density at radius 1 is 0.913 bits per heavy atom. The minimum absolute atomic E-state index is 0.976. The summed E-state index contributed by atoms with van der Waals surface area (Å²) in [7, 11) is 10.8. The van der Waals surface area contributed by atoms with Gasteiger partial charge in [-0.05, 0) is 0 Å². The van der Waals surface area contributed by atoms with E-state index in [1.54, 1.807) is 0 Å². The first-order valence-corrected chi connectivity index (χ1v) is 17.8. The Kier molecular flexibility index (Phi) is 7.50. The van der Waals surface area contributed by atoms with E-state index in [1.165, 1.54) is 4.09 Å². The van der Waals surface area contributed by atoms with E-state index in [0.717, 1.165) is 17.0 Å². The summed E-state index contributed by atoms with van der Waals surface area (Å²) < 4.78 is 1.26. The summed E-state index contributed by atoms with van der Waals surface area (Å²) in [5, 5.41) is 1.99. The van der Waals surface area contributed by atoms with Crippen molar-refractivity contribution in [2.45, 2.75) is 11.9 Å². The molecule has 1 N–H and O–H groups in total. The van der Waals surface area contributed by atoms with E-state index in [2.05, 4.69) is 6.08 Å². The molecule has 0 aliphatic heterocycles. The Balaban J connectivity index is 0.000000185. The van der Waals surface area contributed by atoms with Crippen LogP contribution in [0.25, 0.3) is 0 Å². The van der Waals surface area contributed by atoms with E-state index in [1.807, 2.05) is 78.3 Å². The van der Waals surface area contributed by atoms with Crippen molar-refractivity contribution in [2.75, 3.05) is 0 Å². The average molecular weight is 545 g/mol. The first kappa shape index (κ1) is 18.9. The third-order valence-corrected chi connectivity index (χ3v) is 10.9. The molecule has 0 amide bonds. The third kappa shape index (κ3) is 6.16. The van der Waals surface area contributed by atoms with Crippen molar-refractivity contribution in [3.63, 3.8) is 0 Å². The third-order valence-electron chi connectivity index (χ3n) is 3.09. The van der Waals surface area contributed by atoms with Gasteiger partial charge >= 0.3 is 66.6 Å². The number of benzene rings is 2. The Labute approximate surface area is 150 Å². The van der Waals surface area contributed by atoms with E-state index >= 15 is 0 Å². The molecule has 0 saturated carbocycles. The summed E-state index contributed by atoms with van der Waals surface area (Å²) in [5.41, 5.74) is 1.97. The van der Waals surface area contributed by atoms with E-state index < -0.39 is 21.4 Å². The first-order chi connectivity index (χ1) is 11.0. The van der Waals surface area contributed by atoms with E-state index in [-0.39, 0.29) is 0 Å². The van der Waals surface area contributed by atoms with Crippen LogP contribution >= 0.6 is 27.3 Å². The number of rotatable bonds is 3. The van der Waals surface area contributed by atoms with Crippen molar-refractivity contribution in [2.24, 2.45) is 0 Å². The number of halogens is 2. The van der Waals surface area contributed by atoms with Gasteiger partial charge in [-0.3, -0.25) is 0 Å². The second-order valence-corrected chi connectivity index (χ2v) is 21.5. The van der Waals surface area contributed by atoms with Crippen molar-refractivity contribution in [1.82, 2.24) is 0 Å². The zero-order valence-electron chi connectivity index (χ0n) is 12.7. The zero-order chi connectivity index (χ0) is 16.7. The van der Waals surface area contributed by atoms with Crippen LogP contribution in [0.2, 0.25) is 5.44 Å². The van der Waals surface area contributed by atoms with Crippen molar-refractivity contribution < 1.29 is 18.2 Å². The van der Waals surface area contributed by atoms with Gasteiger partial charge in [-0.25, -0.2) is 0 Å². The first-order valence-electron chi connectivity index (χ1n) is 6.94. The van der Waals surface area contributed by atoms with Gasteiger partial charge in [0.25, 0.3) is 0 Å². The summed E-state index contributed by atoms with van der Waals surface area (Å²) in [6.45, 7) is 0. The van der Waals surface area contributed by atoms with Crippen LogP contribution in [0.4, 0.5) is 0 Å². The second-order valence-electron chi connectivity index (χ2n) is 4.79. The van der Waals surface area contributed by atoms with E-state index in [4.69, 9.17) is 19.2 Å². The van der Waals surface area contributed by atoms with Crippen LogP contribution in [0, 0.1) is 0 Å². The molecule has 1 aliphatic rings. The fourth-order valence-corrected chi connectivity index (χ4v) is 6.72. The molecule has 0 radical (unpaired) electrons. The Morgan fingerprint density at radius 3 is 1.70 bits per heavy atom. The number of hydrogen-bond acceptors (Lipinski definition) is 1. The Bertz CT molecular complexity index is 627. The molecule has 0 fully saturated rings. The Hall–Kier alpha value is -0.461. The van der Waals surface area contributed by atoms with Gasteiger partial charge in [-0.15, -0.1) is 0 Å². The van der Waals surface area contributed by atoms with Crippen LogP contribution in [0.5, 0.6) is 0 Å². The molecule has 1 nitrogen and oxygen atoms in total. The van der Waals surface area contributed by atoms with E-state index in [0.29, 0.717) is 0 Å². The summed E-state index contributed by atoms with van der Waals surface area (Å²) in [5.74, 6) is 0. The molecule has 0 unspecified atom stereocenters. The SMILES string of the molecule is OP(c1ccccc1)c1ccccc1.[CH3][Ir]([Cl])([Cl])[C]1=CC=CC1. The van der Waals surface area contributed by atoms with Crippen LogP contribution in [0.15, 0.2) is 83.0 Å². The second kappa shape index (κ2) is 9.13. The minimum atomic E-state index is -2.44. The van der Waals surface area contributed by atoms with Crippen molar-refractivity contribution in [1.29, 1.82) is 0 Å². The molecule has 3 rings (SSSR count). The normalized spacial score (nSPS) is 14.2. The predicted molar refractivity (Wildman–Crippen MR) is 101 cm³/mol. The maximum absolute atomic E-state index is 10.1. The molecular formula is C18H19Cl2IrOP. The summed E-state index contributed by atoms with van der Waals surface area (Å²) in [6.07, 6.45) is 7.12.